The monoisotopic (exact) mass is 290 g/mol. The van der Waals surface area contributed by atoms with Crippen molar-refractivity contribution in [1.82, 2.24) is 0 Å². The smallest absolute Gasteiger partial charge is 0 e. The van der Waals surface area contributed by atoms with Crippen molar-refractivity contribution < 1.29 is 21.1 Å². The second kappa shape index (κ2) is 10.1. The molecule has 0 amide bonds. The Morgan fingerprint density at radius 2 is 1.25 bits per heavy atom. The van der Waals surface area contributed by atoms with Gasteiger partial charge in [-0.05, 0) is 0 Å². The van der Waals surface area contributed by atoms with Crippen LogP contribution in [0.4, 0.5) is 0 Å². The van der Waals surface area contributed by atoms with Crippen LogP contribution in [0, 0.1) is 14.9 Å². The standard InChI is InChI=1S/C5H5.2CH3.Pt/c1-2-4-5-3-1;;;/h1-5H;2*1H3;/q3*-1;. The zero-order valence-electron chi connectivity index (χ0n) is 5.20. The van der Waals surface area contributed by atoms with E-state index in [2.05, 4.69) is 0 Å². The molecule has 0 N–H and O–H groups in total. The topological polar surface area (TPSA) is 0 Å². The van der Waals surface area contributed by atoms with Crippen LogP contribution >= 0.6 is 0 Å². The van der Waals surface area contributed by atoms with Crippen molar-refractivity contribution in [2.75, 3.05) is 0 Å². The molecule has 0 aliphatic carbocycles. The molecule has 0 saturated heterocycles. The van der Waals surface area contributed by atoms with Gasteiger partial charge >= 0.3 is 0 Å². The summed E-state index contributed by atoms with van der Waals surface area (Å²) >= 11 is 0. The molecule has 0 fully saturated rings. The third kappa shape index (κ3) is 6.04. The van der Waals surface area contributed by atoms with Gasteiger partial charge in [-0.3, -0.25) is 0 Å². The minimum Gasteiger partial charge on any atom is -0.358 e. The molecule has 1 aromatic rings. The van der Waals surface area contributed by atoms with Gasteiger partial charge in [0.25, 0.3) is 0 Å². The Bertz CT molecular complexity index is 60.9. The van der Waals surface area contributed by atoms with E-state index in [9.17, 15) is 0 Å². The van der Waals surface area contributed by atoms with Crippen LogP contribution < -0.4 is 0 Å². The SMILES string of the molecule is [CH3-].[CH3-].[Pt].c1cc[cH-]c1. The Morgan fingerprint density at radius 3 is 1.38 bits per heavy atom. The third-order valence-corrected chi connectivity index (χ3v) is 0.556. The summed E-state index contributed by atoms with van der Waals surface area (Å²) < 4.78 is 0. The van der Waals surface area contributed by atoms with Gasteiger partial charge < -0.3 is 14.9 Å². The van der Waals surface area contributed by atoms with Crippen molar-refractivity contribution in [1.29, 1.82) is 0 Å². The van der Waals surface area contributed by atoms with Gasteiger partial charge in [0.2, 0.25) is 0 Å². The molecular formula is C7H11Pt-3. The summed E-state index contributed by atoms with van der Waals surface area (Å²) in [4.78, 5) is 0. The van der Waals surface area contributed by atoms with Crippen LogP contribution in [0.15, 0.2) is 30.3 Å². The van der Waals surface area contributed by atoms with Crippen LogP contribution in [0.25, 0.3) is 0 Å². The quantitative estimate of drug-likeness (QED) is 0.643. The largest absolute Gasteiger partial charge is 0.358 e. The number of hydrogen-bond acceptors (Lipinski definition) is 0. The molecular weight excluding hydrogens is 279 g/mol. The normalized spacial score (nSPS) is 5.00. The first-order chi connectivity index (χ1) is 2.50. The maximum Gasteiger partial charge on any atom is 0 e. The Balaban J connectivity index is -0.0000000833. The van der Waals surface area contributed by atoms with Crippen molar-refractivity contribution >= 4 is 0 Å². The molecule has 0 aliphatic heterocycles. The molecule has 0 bridgehead atoms. The maximum atomic E-state index is 2.00. The molecule has 52 valence electrons. The molecule has 1 rings (SSSR count). The van der Waals surface area contributed by atoms with Crippen molar-refractivity contribution in [3.63, 3.8) is 0 Å². The zero-order chi connectivity index (χ0) is 3.54. The van der Waals surface area contributed by atoms with Crippen molar-refractivity contribution in [2.24, 2.45) is 0 Å². The van der Waals surface area contributed by atoms with E-state index < -0.39 is 0 Å². The molecule has 0 atom stereocenters. The Kier molecular flexibility index (Phi) is 19.8. The van der Waals surface area contributed by atoms with E-state index in [0.717, 1.165) is 0 Å². The summed E-state index contributed by atoms with van der Waals surface area (Å²) in [5.41, 5.74) is 0. The van der Waals surface area contributed by atoms with Crippen LogP contribution in [0.2, 0.25) is 0 Å². The third-order valence-electron chi connectivity index (χ3n) is 0.556. The van der Waals surface area contributed by atoms with Crippen molar-refractivity contribution in [2.45, 2.75) is 0 Å². The average molecular weight is 290 g/mol. The van der Waals surface area contributed by atoms with Gasteiger partial charge in [-0.1, -0.05) is 0 Å². The van der Waals surface area contributed by atoms with Crippen molar-refractivity contribution in [3.05, 3.63) is 45.2 Å². The van der Waals surface area contributed by atoms with Gasteiger partial charge in [0.15, 0.2) is 0 Å². The second-order valence-electron chi connectivity index (χ2n) is 0.962. The molecule has 8 heavy (non-hydrogen) atoms. The minimum atomic E-state index is 0. The molecule has 1 aromatic carbocycles. The van der Waals surface area contributed by atoms with E-state index >= 15 is 0 Å². The fourth-order valence-corrected chi connectivity index (χ4v) is 0.321. The van der Waals surface area contributed by atoms with E-state index in [4.69, 9.17) is 0 Å². The van der Waals surface area contributed by atoms with E-state index in [1.54, 1.807) is 0 Å². The maximum absolute atomic E-state index is 2.00. The summed E-state index contributed by atoms with van der Waals surface area (Å²) in [6, 6.07) is 10.0. The van der Waals surface area contributed by atoms with Crippen LogP contribution in [0.5, 0.6) is 0 Å². The molecule has 1 heteroatoms. The summed E-state index contributed by atoms with van der Waals surface area (Å²) in [6.45, 7) is 0. The fraction of sp³-hybridized carbons (Fsp3) is 0. The Labute approximate surface area is 66.6 Å². The number of hydrogen-bond donors (Lipinski definition) is 0. The van der Waals surface area contributed by atoms with E-state index in [-0.39, 0.29) is 35.9 Å². The number of rotatable bonds is 0. The van der Waals surface area contributed by atoms with Gasteiger partial charge in [0.1, 0.15) is 0 Å². The first kappa shape index (κ1) is 15.7. The van der Waals surface area contributed by atoms with Crippen LogP contribution in [-0.4, -0.2) is 0 Å². The van der Waals surface area contributed by atoms with Gasteiger partial charge in [-0.15, -0.1) is 0 Å². The van der Waals surface area contributed by atoms with Gasteiger partial charge in [0, 0.05) is 21.1 Å². The van der Waals surface area contributed by atoms with E-state index in [0.29, 0.717) is 0 Å². The predicted molar refractivity (Wildman–Crippen MR) is 34.9 cm³/mol. The molecule has 0 aliphatic rings. The van der Waals surface area contributed by atoms with Crippen LogP contribution in [0.3, 0.4) is 0 Å². The van der Waals surface area contributed by atoms with Crippen LogP contribution in [-0.2, 0) is 21.1 Å². The first-order valence-corrected chi connectivity index (χ1v) is 1.67. The summed E-state index contributed by atoms with van der Waals surface area (Å²) in [7, 11) is 0. The predicted octanol–water partition coefficient (Wildman–Crippen LogP) is 2.30. The summed E-state index contributed by atoms with van der Waals surface area (Å²) in [5.74, 6) is 0. The van der Waals surface area contributed by atoms with Gasteiger partial charge in [-0.2, -0.15) is 18.2 Å². The van der Waals surface area contributed by atoms with E-state index in [1.807, 2.05) is 30.3 Å². The molecule has 0 unspecified atom stereocenters. The van der Waals surface area contributed by atoms with Gasteiger partial charge in [-0.25, -0.2) is 12.1 Å². The Hall–Kier alpha value is 0.0383. The molecule has 0 aromatic heterocycles. The molecule has 0 heterocycles. The minimum absolute atomic E-state index is 0. The Morgan fingerprint density at radius 1 is 0.875 bits per heavy atom. The first-order valence-electron chi connectivity index (χ1n) is 1.67. The van der Waals surface area contributed by atoms with E-state index in [1.165, 1.54) is 0 Å². The molecule has 0 radical (unpaired) electrons. The zero-order valence-corrected chi connectivity index (χ0v) is 7.48. The fourth-order valence-electron chi connectivity index (χ4n) is 0.321. The second-order valence-corrected chi connectivity index (χ2v) is 0.962. The summed E-state index contributed by atoms with van der Waals surface area (Å²) in [5, 5.41) is 0. The molecule has 0 spiro atoms. The summed E-state index contributed by atoms with van der Waals surface area (Å²) in [6.07, 6.45) is 0. The van der Waals surface area contributed by atoms with Crippen molar-refractivity contribution in [3.8, 4) is 0 Å². The molecule has 0 nitrogen and oxygen atoms in total. The van der Waals surface area contributed by atoms with Gasteiger partial charge in [0.05, 0.1) is 0 Å². The van der Waals surface area contributed by atoms with Crippen LogP contribution in [0.1, 0.15) is 0 Å². The average Bonchev–Trinajstić information content (AvgIpc) is 1.76. The molecule has 0 saturated carbocycles.